The SMILES string of the molecule is C#CCOC[C@@H]1CO[C@@](C)(c2ccccc2)O1. The van der Waals surface area contributed by atoms with E-state index >= 15 is 0 Å². The average Bonchev–Trinajstić information content (AvgIpc) is 2.74. The first-order valence-electron chi connectivity index (χ1n) is 5.63. The van der Waals surface area contributed by atoms with Crippen molar-refractivity contribution < 1.29 is 14.2 Å². The highest BCUT2D eigenvalue weighted by atomic mass is 16.7. The minimum Gasteiger partial charge on any atom is -0.366 e. The Morgan fingerprint density at radius 3 is 2.94 bits per heavy atom. The van der Waals surface area contributed by atoms with E-state index in [0.29, 0.717) is 19.8 Å². The van der Waals surface area contributed by atoms with E-state index in [9.17, 15) is 0 Å². The fourth-order valence-electron chi connectivity index (χ4n) is 1.86. The van der Waals surface area contributed by atoms with Gasteiger partial charge in [-0.15, -0.1) is 6.42 Å². The third-order valence-corrected chi connectivity index (χ3v) is 2.72. The zero-order chi connectivity index (χ0) is 12.1. The van der Waals surface area contributed by atoms with Gasteiger partial charge in [0.05, 0.1) is 13.2 Å². The van der Waals surface area contributed by atoms with Crippen molar-refractivity contribution in [3.05, 3.63) is 35.9 Å². The molecule has 0 aliphatic carbocycles. The van der Waals surface area contributed by atoms with Crippen molar-refractivity contribution in [3.8, 4) is 12.3 Å². The lowest BCUT2D eigenvalue weighted by Gasteiger charge is -2.23. The van der Waals surface area contributed by atoms with Crippen molar-refractivity contribution in [1.82, 2.24) is 0 Å². The molecule has 1 fully saturated rings. The molecular weight excluding hydrogens is 216 g/mol. The van der Waals surface area contributed by atoms with Crippen molar-refractivity contribution in [2.75, 3.05) is 19.8 Å². The van der Waals surface area contributed by atoms with Crippen LogP contribution >= 0.6 is 0 Å². The molecule has 0 saturated carbocycles. The summed E-state index contributed by atoms with van der Waals surface area (Å²) in [5.41, 5.74) is 1.01. The van der Waals surface area contributed by atoms with Crippen molar-refractivity contribution in [3.63, 3.8) is 0 Å². The summed E-state index contributed by atoms with van der Waals surface area (Å²) in [6, 6.07) is 9.88. The molecule has 0 N–H and O–H groups in total. The van der Waals surface area contributed by atoms with Gasteiger partial charge in [0.25, 0.3) is 0 Å². The van der Waals surface area contributed by atoms with Gasteiger partial charge in [-0.25, -0.2) is 0 Å². The van der Waals surface area contributed by atoms with Gasteiger partial charge in [0.15, 0.2) is 5.79 Å². The standard InChI is InChI=1S/C14H16O3/c1-3-9-15-10-13-11-16-14(2,17-13)12-7-5-4-6-8-12/h1,4-8,13H,9-11H2,2H3/t13-,14-/m1/s1. The second-order valence-corrected chi connectivity index (χ2v) is 4.08. The monoisotopic (exact) mass is 232 g/mol. The Hall–Kier alpha value is -1.34. The molecule has 0 amide bonds. The van der Waals surface area contributed by atoms with Crippen LogP contribution in [0.5, 0.6) is 0 Å². The van der Waals surface area contributed by atoms with Crippen LogP contribution in [-0.2, 0) is 20.0 Å². The van der Waals surface area contributed by atoms with E-state index in [0.717, 1.165) is 5.56 Å². The molecule has 0 aromatic heterocycles. The third-order valence-electron chi connectivity index (χ3n) is 2.72. The summed E-state index contributed by atoms with van der Waals surface area (Å²) in [6.07, 6.45) is 5.05. The van der Waals surface area contributed by atoms with Crippen molar-refractivity contribution in [2.45, 2.75) is 18.8 Å². The largest absolute Gasteiger partial charge is 0.366 e. The minimum absolute atomic E-state index is 0.0615. The fourth-order valence-corrected chi connectivity index (χ4v) is 1.86. The highest BCUT2D eigenvalue weighted by Crippen LogP contribution is 2.33. The molecule has 1 aromatic carbocycles. The first-order chi connectivity index (χ1) is 8.24. The van der Waals surface area contributed by atoms with Crippen molar-refractivity contribution in [1.29, 1.82) is 0 Å². The van der Waals surface area contributed by atoms with Gasteiger partial charge >= 0.3 is 0 Å². The van der Waals surface area contributed by atoms with Gasteiger partial charge < -0.3 is 14.2 Å². The first kappa shape index (κ1) is 12.1. The summed E-state index contributed by atoms with van der Waals surface area (Å²) < 4.78 is 16.8. The van der Waals surface area contributed by atoms with E-state index < -0.39 is 5.79 Å². The number of ether oxygens (including phenoxy) is 3. The molecule has 1 aliphatic heterocycles. The Bertz CT molecular complexity index is 396. The van der Waals surface area contributed by atoms with E-state index in [1.54, 1.807) is 0 Å². The molecule has 3 heteroatoms. The normalized spacial score (nSPS) is 27.9. The molecule has 0 radical (unpaired) electrons. The van der Waals surface area contributed by atoms with Crippen LogP contribution in [0.3, 0.4) is 0 Å². The van der Waals surface area contributed by atoms with Gasteiger partial charge in [-0.05, 0) is 6.92 Å². The quantitative estimate of drug-likeness (QED) is 0.586. The third kappa shape index (κ3) is 2.86. The van der Waals surface area contributed by atoms with Crippen LogP contribution in [0.15, 0.2) is 30.3 Å². The van der Waals surface area contributed by atoms with Crippen molar-refractivity contribution >= 4 is 0 Å². The lowest BCUT2D eigenvalue weighted by Crippen LogP contribution is -2.25. The van der Waals surface area contributed by atoms with E-state index in [4.69, 9.17) is 20.6 Å². The number of rotatable bonds is 4. The van der Waals surface area contributed by atoms with Gasteiger partial charge in [0, 0.05) is 5.56 Å². The second-order valence-electron chi connectivity index (χ2n) is 4.08. The Kier molecular flexibility index (Phi) is 3.80. The molecule has 1 aliphatic rings. The van der Waals surface area contributed by atoms with E-state index in [1.165, 1.54) is 0 Å². The van der Waals surface area contributed by atoms with Crippen LogP contribution in [0.25, 0.3) is 0 Å². The number of benzene rings is 1. The zero-order valence-corrected chi connectivity index (χ0v) is 9.89. The van der Waals surface area contributed by atoms with Crippen LogP contribution in [0, 0.1) is 12.3 Å². The number of hydrogen-bond acceptors (Lipinski definition) is 3. The van der Waals surface area contributed by atoms with Gasteiger partial charge in [-0.3, -0.25) is 0 Å². The fraction of sp³-hybridized carbons (Fsp3) is 0.429. The number of terminal acetylenes is 1. The smallest absolute Gasteiger partial charge is 0.192 e. The molecule has 0 spiro atoms. The Balaban J connectivity index is 1.94. The van der Waals surface area contributed by atoms with Gasteiger partial charge in [0.1, 0.15) is 12.7 Å². The second kappa shape index (κ2) is 5.33. The molecule has 0 bridgehead atoms. The lowest BCUT2D eigenvalue weighted by molar-refractivity contribution is -0.166. The van der Waals surface area contributed by atoms with Crippen LogP contribution in [0.1, 0.15) is 12.5 Å². The van der Waals surface area contributed by atoms with Crippen LogP contribution in [0.4, 0.5) is 0 Å². The Morgan fingerprint density at radius 1 is 1.47 bits per heavy atom. The van der Waals surface area contributed by atoms with Crippen LogP contribution in [0.2, 0.25) is 0 Å². The average molecular weight is 232 g/mol. The van der Waals surface area contributed by atoms with Crippen LogP contribution in [-0.4, -0.2) is 25.9 Å². The van der Waals surface area contributed by atoms with Gasteiger partial charge in [-0.2, -0.15) is 0 Å². The predicted octanol–water partition coefficient (Wildman–Crippen LogP) is 1.92. The van der Waals surface area contributed by atoms with Gasteiger partial charge in [0.2, 0.25) is 0 Å². The van der Waals surface area contributed by atoms with Crippen LogP contribution < -0.4 is 0 Å². The van der Waals surface area contributed by atoms with Crippen molar-refractivity contribution in [2.24, 2.45) is 0 Å². The molecule has 1 heterocycles. The summed E-state index contributed by atoms with van der Waals surface area (Å²) in [5, 5.41) is 0. The highest BCUT2D eigenvalue weighted by Gasteiger charge is 2.38. The Labute approximate surface area is 102 Å². The molecular formula is C14H16O3. The molecule has 0 unspecified atom stereocenters. The molecule has 3 nitrogen and oxygen atoms in total. The molecule has 17 heavy (non-hydrogen) atoms. The first-order valence-corrected chi connectivity index (χ1v) is 5.63. The molecule has 1 saturated heterocycles. The van der Waals surface area contributed by atoms with E-state index in [2.05, 4.69) is 5.92 Å². The van der Waals surface area contributed by atoms with Gasteiger partial charge in [-0.1, -0.05) is 36.3 Å². The minimum atomic E-state index is -0.675. The summed E-state index contributed by atoms with van der Waals surface area (Å²) in [5.74, 6) is 1.75. The summed E-state index contributed by atoms with van der Waals surface area (Å²) in [4.78, 5) is 0. The Morgan fingerprint density at radius 2 is 2.24 bits per heavy atom. The summed E-state index contributed by atoms with van der Waals surface area (Å²) in [6.45, 7) is 3.22. The highest BCUT2D eigenvalue weighted by molar-refractivity contribution is 5.20. The maximum absolute atomic E-state index is 5.87. The van der Waals surface area contributed by atoms with E-state index in [-0.39, 0.29) is 6.10 Å². The lowest BCUT2D eigenvalue weighted by atomic mass is 10.1. The predicted molar refractivity (Wildman–Crippen MR) is 64.3 cm³/mol. The molecule has 1 aromatic rings. The van der Waals surface area contributed by atoms with E-state index in [1.807, 2.05) is 37.3 Å². The molecule has 2 rings (SSSR count). The number of hydrogen-bond donors (Lipinski definition) is 0. The summed E-state index contributed by atoms with van der Waals surface area (Å²) >= 11 is 0. The molecule has 90 valence electrons. The molecule has 2 atom stereocenters. The zero-order valence-electron chi connectivity index (χ0n) is 9.89. The maximum Gasteiger partial charge on any atom is 0.192 e. The maximum atomic E-state index is 5.87. The summed E-state index contributed by atoms with van der Waals surface area (Å²) in [7, 11) is 0. The topological polar surface area (TPSA) is 27.7 Å².